The number of carbonyl (C=O) groups is 1. The summed E-state index contributed by atoms with van der Waals surface area (Å²) in [6.07, 6.45) is -5.47. The molecule has 8 rings (SSSR count). The van der Waals surface area contributed by atoms with Gasteiger partial charge >= 0.3 is 6.18 Å². The van der Waals surface area contributed by atoms with Crippen molar-refractivity contribution in [3.05, 3.63) is 162 Å². The van der Waals surface area contributed by atoms with Crippen LogP contribution in [0.25, 0.3) is 5.69 Å². The summed E-state index contributed by atoms with van der Waals surface area (Å²) in [4.78, 5) is 21.8. The summed E-state index contributed by atoms with van der Waals surface area (Å²) in [5.41, 5.74) is 3.23. The SMILES string of the molecule is COc1ccc(-n2nnnc2C(F)(F)F)cc1CN1CC(C(c2ccccc2)c2ccccc2)N2CCN(C(=O)[C@H](C)O[Si](c3ccccc3)(c3ccccc3)C(C)(C)C)C[C@H]2C1. The molecule has 1 unspecified atom stereocenters. The van der Waals surface area contributed by atoms with E-state index >= 15 is 0 Å². The minimum Gasteiger partial charge on any atom is -0.496 e. The van der Waals surface area contributed by atoms with Crippen molar-refractivity contribution in [2.24, 2.45) is 0 Å². The maximum Gasteiger partial charge on any atom is 0.453 e. The third-order valence-corrected chi connectivity index (χ3v) is 17.7. The van der Waals surface area contributed by atoms with Gasteiger partial charge in [0, 0.05) is 62.8 Å². The monoisotopic (exact) mass is 873 g/mol. The zero-order valence-electron chi connectivity index (χ0n) is 36.3. The molecule has 14 heteroatoms. The number of ether oxygens (including phenoxy) is 1. The summed E-state index contributed by atoms with van der Waals surface area (Å²) in [6.45, 7) is 11.9. The van der Waals surface area contributed by atoms with Gasteiger partial charge in [-0.2, -0.15) is 17.9 Å². The van der Waals surface area contributed by atoms with Gasteiger partial charge < -0.3 is 14.1 Å². The highest BCUT2D eigenvalue weighted by molar-refractivity contribution is 6.99. The minimum absolute atomic E-state index is 0.0119. The van der Waals surface area contributed by atoms with Crippen molar-refractivity contribution in [1.82, 2.24) is 34.9 Å². The molecule has 10 nitrogen and oxygen atoms in total. The van der Waals surface area contributed by atoms with Crippen molar-refractivity contribution in [1.29, 1.82) is 0 Å². The van der Waals surface area contributed by atoms with Crippen LogP contribution in [-0.4, -0.2) is 107 Å². The first-order valence-electron chi connectivity index (χ1n) is 21.5. The Balaban J connectivity index is 1.13. The topological polar surface area (TPSA) is 88.9 Å². The first kappa shape index (κ1) is 44.0. The Bertz CT molecular complexity index is 2370. The van der Waals surface area contributed by atoms with Gasteiger partial charge in [0.05, 0.1) is 12.8 Å². The summed E-state index contributed by atoms with van der Waals surface area (Å²) in [5.74, 6) is -0.728. The quantitative estimate of drug-likeness (QED) is 0.120. The molecule has 2 fully saturated rings. The molecule has 6 aromatic rings. The van der Waals surface area contributed by atoms with Crippen molar-refractivity contribution < 1.29 is 27.1 Å². The van der Waals surface area contributed by atoms with Crippen LogP contribution in [0.2, 0.25) is 5.04 Å². The average Bonchev–Trinajstić information content (AvgIpc) is 3.80. The summed E-state index contributed by atoms with van der Waals surface area (Å²) in [5, 5.41) is 12.2. The number of aromatic nitrogens is 4. The highest BCUT2D eigenvalue weighted by Crippen LogP contribution is 2.40. The van der Waals surface area contributed by atoms with Crippen LogP contribution in [0.1, 0.15) is 56.1 Å². The summed E-state index contributed by atoms with van der Waals surface area (Å²) in [6, 6.07) is 46.5. The Kier molecular flexibility index (Phi) is 12.7. The van der Waals surface area contributed by atoms with Gasteiger partial charge in [-0.25, -0.2) is 0 Å². The molecule has 0 aliphatic carbocycles. The van der Waals surface area contributed by atoms with Gasteiger partial charge in [-0.15, -0.1) is 5.10 Å². The number of nitrogens with zero attached hydrogens (tertiary/aromatic N) is 7. The van der Waals surface area contributed by atoms with E-state index in [0.717, 1.165) is 10.4 Å². The van der Waals surface area contributed by atoms with Gasteiger partial charge in [-0.05, 0) is 62.1 Å². The van der Waals surface area contributed by atoms with Crippen molar-refractivity contribution in [2.45, 2.75) is 69.6 Å². The molecule has 2 aliphatic rings. The molecule has 0 bridgehead atoms. The number of benzene rings is 5. The Hall–Kier alpha value is -5.67. The van der Waals surface area contributed by atoms with Crippen LogP contribution in [0, 0.1) is 0 Å². The normalized spacial score (nSPS) is 18.3. The number of alkyl halides is 3. The van der Waals surface area contributed by atoms with Crippen molar-refractivity contribution in [2.75, 3.05) is 39.8 Å². The number of amides is 1. The molecule has 0 spiro atoms. The van der Waals surface area contributed by atoms with Gasteiger partial charge in [-0.1, -0.05) is 142 Å². The Labute approximate surface area is 368 Å². The second-order valence-corrected chi connectivity index (χ2v) is 21.8. The first-order chi connectivity index (χ1) is 30.3. The number of fused-ring (bicyclic) bond motifs is 1. The van der Waals surface area contributed by atoms with Gasteiger partial charge in [0.1, 0.15) is 11.9 Å². The van der Waals surface area contributed by atoms with Crippen LogP contribution in [0.3, 0.4) is 0 Å². The number of hydrogen-bond donors (Lipinski definition) is 0. The van der Waals surface area contributed by atoms with Crippen LogP contribution >= 0.6 is 0 Å². The number of piperazine rings is 2. The number of methoxy groups -OCH3 is 1. The zero-order valence-corrected chi connectivity index (χ0v) is 37.3. The lowest BCUT2D eigenvalue weighted by atomic mass is 9.81. The molecule has 0 N–H and O–H groups in total. The van der Waals surface area contributed by atoms with Crippen molar-refractivity contribution >= 4 is 24.6 Å². The fourth-order valence-electron chi connectivity index (χ4n) is 9.86. The van der Waals surface area contributed by atoms with E-state index in [1.54, 1.807) is 19.2 Å². The van der Waals surface area contributed by atoms with Gasteiger partial charge in [0.15, 0.2) is 0 Å². The van der Waals surface area contributed by atoms with Crippen LogP contribution < -0.4 is 15.1 Å². The maximum absolute atomic E-state index is 14.9. The third kappa shape index (κ3) is 8.95. The summed E-state index contributed by atoms with van der Waals surface area (Å²) >= 11 is 0. The second kappa shape index (κ2) is 18.2. The van der Waals surface area contributed by atoms with Gasteiger partial charge in [0.2, 0.25) is 5.91 Å². The molecular weight excluding hydrogens is 820 g/mol. The van der Waals surface area contributed by atoms with Crippen LogP contribution in [0.4, 0.5) is 13.2 Å². The Morgan fingerprint density at radius 1 is 0.778 bits per heavy atom. The second-order valence-electron chi connectivity index (χ2n) is 17.6. The number of halogens is 3. The van der Waals surface area contributed by atoms with Crippen LogP contribution in [-0.2, 0) is 21.9 Å². The molecule has 1 aromatic heterocycles. The average molecular weight is 874 g/mol. The highest BCUT2D eigenvalue weighted by Gasteiger charge is 2.52. The summed E-state index contributed by atoms with van der Waals surface area (Å²) in [7, 11) is -1.48. The van der Waals surface area contributed by atoms with E-state index in [1.807, 2.05) is 60.4 Å². The molecule has 2 aliphatic heterocycles. The predicted octanol–water partition coefficient (Wildman–Crippen LogP) is 7.18. The van der Waals surface area contributed by atoms with E-state index in [-0.39, 0.29) is 34.6 Å². The molecule has 3 atom stereocenters. The lowest BCUT2D eigenvalue weighted by Crippen LogP contribution is -2.70. The fraction of sp³-hybridized carbons (Fsp3) is 0.347. The number of rotatable bonds is 12. The van der Waals surface area contributed by atoms with E-state index < -0.39 is 26.4 Å². The first-order valence-corrected chi connectivity index (χ1v) is 23.4. The molecule has 2 saturated heterocycles. The van der Waals surface area contributed by atoms with E-state index in [4.69, 9.17) is 9.16 Å². The van der Waals surface area contributed by atoms with Crippen LogP contribution in [0.15, 0.2) is 140 Å². The maximum atomic E-state index is 14.9. The molecule has 1 amide bonds. The van der Waals surface area contributed by atoms with E-state index in [0.29, 0.717) is 55.3 Å². The number of tetrazole rings is 1. The fourth-order valence-corrected chi connectivity index (χ4v) is 14.5. The molecular formula is C49H54F3N7O3Si. The van der Waals surface area contributed by atoms with E-state index in [9.17, 15) is 18.0 Å². The highest BCUT2D eigenvalue weighted by atomic mass is 28.4. The Morgan fingerprint density at radius 3 is 1.89 bits per heavy atom. The van der Waals surface area contributed by atoms with Crippen molar-refractivity contribution in [3.63, 3.8) is 0 Å². The lowest BCUT2D eigenvalue weighted by Gasteiger charge is -2.54. The predicted molar refractivity (Wildman–Crippen MR) is 240 cm³/mol. The largest absolute Gasteiger partial charge is 0.496 e. The molecule has 328 valence electrons. The van der Waals surface area contributed by atoms with Gasteiger partial charge in [-0.3, -0.25) is 14.6 Å². The number of hydrogen-bond acceptors (Lipinski definition) is 8. The standard InChI is InChI=1S/C49H54F3N7O3Si/c1-35(62-63(48(2,3)4,41-22-14-8-15-23-41)42-24-16-9-17-25-42)46(60)57-28-29-58-40(33-57)32-56(34-43(58)45(36-18-10-6-11-19-36)37-20-12-7-13-21-37)31-38-30-39(26-27-44(38)61-5)59-47(49(50,51)52)53-54-55-59/h6-27,30,35,40,43,45H,28-29,31-34H2,1-5H3/t35-,40+,43?/m0/s1. The molecule has 0 saturated carbocycles. The van der Waals surface area contributed by atoms with Gasteiger partial charge in [0.25, 0.3) is 14.1 Å². The van der Waals surface area contributed by atoms with Crippen LogP contribution in [0.5, 0.6) is 5.75 Å². The third-order valence-electron chi connectivity index (χ3n) is 12.6. The summed E-state index contributed by atoms with van der Waals surface area (Å²) < 4.78 is 55.6. The molecule has 3 heterocycles. The number of carbonyl (C=O) groups excluding carboxylic acids is 1. The lowest BCUT2D eigenvalue weighted by molar-refractivity contribution is -0.146. The molecule has 5 aromatic carbocycles. The zero-order chi connectivity index (χ0) is 44.4. The van der Waals surface area contributed by atoms with E-state index in [1.165, 1.54) is 17.2 Å². The Morgan fingerprint density at radius 2 is 1.35 bits per heavy atom. The van der Waals surface area contributed by atoms with Crippen molar-refractivity contribution in [3.8, 4) is 11.4 Å². The van der Waals surface area contributed by atoms with E-state index in [2.05, 4.69) is 119 Å². The minimum atomic E-state index is -4.75. The molecule has 63 heavy (non-hydrogen) atoms. The smallest absolute Gasteiger partial charge is 0.453 e. The molecule has 0 radical (unpaired) electrons.